The minimum atomic E-state index is 0.778. The molecule has 2 heteroatoms. The summed E-state index contributed by atoms with van der Waals surface area (Å²) in [6.07, 6.45) is 11.2. The Morgan fingerprint density at radius 3 is 2.56 bits per heavy atom. The van der Waals surface area contributed by atoms with Crippen molar-refractivity contribution in [1.82, 2.24) is 10.2 Å². The third kappa shape index (κ3) is 4.26. The molecule has 2 aliphatic rings. The minimum absolute atomic E-state index is 0.778. The van der Waals surface area contributed by atoms with Crippen molar-refractivity contribution < 1.29 is 0 Å². The molecule has 2 rings (SSSR count). The molecule has 16 heavy (non-hydrogen) atoms. The summed E-state index contributed by atoms with van der Waals surface area (Å²) in [6, 6.07) is 0.778. The summed E-state index contributed by atoms with van der Waals surface area (Å²) >= 11 is 0. The van der Waals surface area contributed by atoms with Crippen LogP contribution in [0.25, 0.3) is 0 Å². The van der Waals surface area contributed by atoms with Crippen molar-refractivity contribution in [3.8, 4) is 0 Å². The van der Waals surface area contributed by atoms with Gasteiger partial charge in [0.2, 0.25) is 0 Å². The number of hydrogen-bond acceptors (Lipinski definition) is 2. The second kappa shape index (κ2) is 6.41. The lowest BCUT2D eigenvalue weighted by Gasteiger charge is -2.32. The van der Waals surface area contributed by atoms with Crippen LogP contribution >= 0.6 is 0 Å². The van der Waals surface area contributed by atoms with Crippen molar-refractivity contribution in [3.05, 3.63) is 12.2 Å². The topological polar surface area (TPSA) is 15.3 Å². The molecule has 0 amide bonds. The van der Waals surface area contributed by atoms with Crippen LogP contribution in [0.4, 0.5) is 0 Å². The van der Waals surface area contributed by atoms with E-state index >= 15 is 0 Å². The fourth-order valence-electron chi connectivity index (χ4n) is 2.52. The summed E-state index contributed by atoms with van der Waals surface area (Å²) in [6.45, 7) is 7.26. The Bertz CT molecular complexity index is 213. The lowest BCUT2D eigenvalue weighted by atomic mass is 10.0. The Labute approximate surface area is 100 Å². The van der Waals surface area contributed by atoms with E-state index < -0.39 is 0 Å². The highest BCUT2D eigenvalue weighted by molar-refractivity contribution is 4.83. The molecule has 92 valence electrons. The Morgan fingerprint density at radius 2 is 1.94 bits per heavy atom. The molecule has 0 radical (unpaired) electrons. The van der Waals surface area contributed by atoms with Gasteiger partial charge in [-0.3, -0.25) is 0 Å². The number of nitrogens with zero attached hydrogens (tertiary/aromatic N) is 1. The van der Waals surface area contributed by atoms with Gasteiger partial charge in [0.1, 0.15) is 0 Å². The highest BCUT2D eigenvalue weighted by atomic mass is 15.1. The van der Waals surface area contributed by atoms with E-state index in [0.717, 1.165) is 18.5 Å². The van der Waals surface area contributed by atoms with Crippen molar-refractivity contribution in [2.75, 3.05) is 26.2 Å². The summed E-state index contributed by atoms with van der Waals surface area (Å²) in [5.74, 6) is 1.05. The molecule has 1 N–H and O–H groups in total. The molecule has 1 aliphatic carbocycles. The Kier molecular flexibility index (Phi) is 4.86. The monoisotopic (exact) mass is 222 g/mol. The van der Waals surface area contributed by atoms with Crippen molar-refractivity contribution >= 4 is 0 Å². The number of hydrogen-bond donors (Lipinski definition) is 1. The van der Waals surface area contributed by atoms with Crippen LogP contribution in [0.1, 0.15) is 39.0 Å². The molecule has 0 spiro atoms. The first-order chi connectivity index (χ1) is 7.88. The normalized spacial score (nSPS) is 24.3. The van der Waals surface area contributed by atoms with Crippen LogP contribution in [0, 0.1) is 5.92 Å². The van der Waals surface area contributed by atoms with E-state index in [4.69, 9.17) is 0 Å². The standard InChI is InChI=1S/C14H26N2/c1-2-3-4-9-15-14-7-10-16(11-8-14)12-13-5-6-13/h2-3,13-15H,4-12H2,1H3/b3-2+. The summed E-state index contributed by atoms with van der Waals surface area (Å²) in [4.78, 5) is 2.67. The Hall–Kier alpha value is -0.340. The highest BCUT2D eigenvalue weighted by Crippen LogP contribution is 2.30. The predicted octanol–water partition coefficient (Wildman–Crippen LogP) is 2.42. The average Bonchev–Trinajstić information content (AvgIpc) is 3.11. The molecule has 1 heterocycles. The van der Waals surface area contributed by atoms with Gasteiger partial charge >= 0.3 is 0 Å². The van der Waals surface area contributed by atoms with Gasteiger partial charge in [-0.15, -0.1) is 0 Å². The van der Waals surface area contributed by atoms with Crippen molar-refractivity contribution in [2.45, 2.75) is 45.1 Å². The maximum atomic E-state index is 3.67. The maximum Gasteiger partial charge on any atom is 0.00915 e. The number of nitrogens with one attached hydrogen (secondary N) is 1. The van der Waals surface area contributed by atoms with Gasteiger partial charge in [0.15, 0.2) is 0 Å². The van der Waals surface area contributed by atoms with Crippen LogP contribution in [0.2, 0.25) is 0 Å². The first-order valence-electron chi connectivity index (χ1n) is 6.95. The zero-order valence-electron chi connectivity index (χ0n) is 10.6. The van der Waals surface area contributed by atoms with E-state index in [0.29, 0.717) is 0 Å². The second-order valence-electron chi connectivity index (χ2n) is 5.33. The molecule has 0 atom stereocenters. The van der Waals surface area contributed by atoms with Gasteiger partial charge in [0, 0.05) is 12.6 Å². The van der Waals surface area contributed by atoms with E-state index in [1.165, 1.54) is 51.7 Å². The van der Waals surface area contributed by atoms with Gasteiger partial charge in [-0.05, 0) is 64.6 Å². The summed E-state index contributed by atoms with van der Waals surface area (Å²) < 4.78 is 0. The number of allylic oxidation sites excluding steroid dienone is 1. The smallest absolute Gasteiger partial charge is 0.00915 e. The van der Waals surface area contributed by atoms with Crippen LogP contribution in [0.3, 0.4) is 0 Å². The predicted molar refractivity (Wildman–Crippen MR) is 69.6 cm³/mol. The van der Waals surface area contributed by atoms with E-state index in [1.54, 1.807) is 0 Å². The summed E-state index contributed by atoms with van der Waals surface area (Å²) in [7, 11) is 0. The fraction of sp³-hybridized carbons (Fsp3) is 0.857. The average molecular weight is 222 g/mol. The summed E-state index contributed by atoms with van der Waals surface area (Å²) in [5.41, 5.74) is 0. The molecule has 2 nitrogen and oxygen atoms in total. The molecule has 2 fully saturated rings. The van der Waals surface area contributed by atoms with Crippen LogP contribution in [0.5, 0.6) is 0 Å². The zero-order chi connectivity index (χ0) is 11.2. The van der Waals surface area contributed by atoms with Gasteiger partial charge in [0.05, 0.1) is 0 Å². The third-order valence-electron chi connectivity index (χ3n) is 3.78. The molecular weight excluding hydrogens is 196 g/mol. The van der Waals surface area contributed by atoms with Crippen molar-refractivity contribution in [2.24, 2.45) is 5.92 Å². The molecule has 1 aliphatic heterocycles. The summed E-state index contributed by atoms with van der Waals surface area (Å²) in [5, 5.41) is 3.67. The van der Waals surface area contributed by atoms with E-state index in [1.807, 2.05) is 0 Å². The number of likely N-dealkylation sites (tertiary alicyclic amines) is 1. The minimum Gasteiger partial charge on any atom is -0.314 e. The van der Waals surface area contributed by atoms with Gasteiger partial charge < -0.3 is 10.2 Å². The van der Waals surface area contributed by atoms with Gasteiger partial charge in [-0.25, -0.2) is 0 Å². The second-order valence-corrected chi connectivity index (χ2v) is 5.33. The van der Waals surface area contributed by atoms with Crippen LogP contribution < -0.4 is 5.32 Å². The van der Waals surface area contributed by atoms with Crippen molar-refractivity contribution in [3.63, 3.8) is 0 Å². The van der Waals surface area contributed by atoms with E-state index in [9.17, 15) is 0 Å². The molecule has 0 aromatic rings. The van der Waals surface area contributed by atoms with Gasteiger partial charge in [-0.2, -0.15) is 0 Å². The van der Waals surface area contributed by atoms with Gasteiger partial charge in [0.25, 0.3) is 0 Å². The van der Waals surface area contributed by atoms with Gasteiger partial charge in [-0.1, -0.05) is 12.2 Å². The molecule has 0 aromatic heterocycles. The first-order valence-corrected chi connectivity index (χ1v) is 6.95. The molecule has 1 saturated carbocycles. The largest absolute Gasteiger partial charge is 0.314 e. The number of piperidine rings is 1. The van der Waals surface area contributed by atoms with Crippen molar-refractivity contribution in [1.29, 1.82) is 0 Å². The third-order valence-corrected chi connectivity index (χ3v) is 3.78. The lowest BCUT2D eigenvalue weighted by molar-refractivity contribution is 0.191. The van der Waals surface area contributed by atoms with E-state index in [-0.39, 0.29) is 0 Å². The molecule has 0 unspecified atom stereocenters. The highest BCUT2D eigenvalue weighted by Gasteiger charge is 2.26. The molecule has 0 aromatic carbocycles. The quantitative estimate of drug-likeness (QED) is 0.548. The van der Waals surface area contributed by atoms with E-state index in [2.05, 4.69) is 29.3 Å². The molecule has 0 bridgehead atoms. The SMILES string of the molecule is C/C=C/CCNC1CCN(CC2CC2)CC1. The fourth-order valence-corrected chi connectivity index (χ4v) is 2.52. The first kappa shape index (κ1) is 12.1. The van der Waals surface area contributed by atoms with Crippen LogP contribution in [0.15, 0.2) is 12.2 Å². The Morgan fingerprint density at radius 1 is 1.19 bits per heavy atom. The van der Waals surface area contributed by atoms with Crippen LogP contribution in [-0.2, 0) is 0 Å². The Balaban J connectivity index is 1.53. The lowest BCUT2D eigenvalue weighted by Crippen LogP contribution is -2.43. The maximum absolute atomic E-state index is 3.67. The van der Waals surface area contributed by atoms with Crippen LogP contribution in [-0.4, -0.2) is 37.1 Å². The zero-order valence-corrected chi connectivity index (χ0v) is 10.6. The number of rotatable bonds is 6. The molecule has 1 saturated heterocycles. The molecular formula is C14H26N2.